The van der Waals surface area contributed by atoms with Crippen molar-refractivity contribution in [2.24, 2.45) is 7.05 Å². The average molecular weight is 317 g/mol. The Morgan fingerprint density at radius 1 is 1.62 bits per heavy atom. The Kier molecular flexibility index (Phi) is 3.83. The maximum Gasteiger partial charge on any atom is 0.183 e. The minimum atomic E-state index is 0.157. The number of thiophene rings is 1. The van der Waals surface area contributed by atoms with E-state index in [0.717, 1.165) is 13.6 Å². The molecule has 2 aromatic rings. The molecule has 0 bridgehead atoms. The van der Waals surface area contributed by atoms with E-state index in [1.807, 2.05) is 25.4 Å². The summed E-state index contributed by atoms with van der Waals surface area (Å²) in [5, 5.41) is 4.05. The van der Waals surface area contributed by atoms with Gasteiger partial charge in [-0.1, -0.05) is 0 Å². The highest BCUT2D eigenvalue weighted by Crippen LogP contribution is 2.25. The molecule has 84 valence electrons. The molecule has 0 saturated heterocycles. The minimum Gasteiger partial charge on any atom is -0.292 e. The Morgan fingerprint density at radius 2 is 2.44 bits per heavy atom. The van der Waals surface area contributed by atoms with Crippen molar-refractivity contribution in [1.29, 1.82) is 0 Å². The molecule has 0 amide bonds. The monoisotopic (exact) mass is 316 g/mol. The summed E-state index contributed by atoms with van der Waals surface area (Å²) < 4.78 is 2.72. The van der Waals surface area contributed by atoms with Gasteiger partial charge in [0, 0.05) is 18.1 Å². The first-order valence-electron chi connectivity index (χ1n) is 4.55. The molecule has 2 heterocycles. The lowest BCUT2D eigenvalue weighted by Gasteiger charge is -1.95. The van der Waals surface area contributed by atoms with Gasteiger partial charge in [-0.2, -0.15) is 5.10 Å². The second-order valence-electron chi connectivity index (χ2n) is 3.17. The standard InChI is InChI=1S/C10H9BrN2OS2/c1-13-5-7(4-12-13)15-6-8(14)9-2-3-10(11)16-9/h2-5H,6H2,1H3. The van der Waals surface area contributed by atoms with E-state index in [0.29, 0.717) is 5.75 Å². The van der Waals surface area contributed by atoms with Crippen molar-refractivity contribution in [3.8, 4) is 0 Å². The number of aromatic nitrogens is 2. The maximum absolute atomic E-state index is 11.8. The van der Waals surface area contributed by atoms with E-state index in [2.05, 4.69) is 21.0 Å². The summed E-state index contributed by atoms with van der Waals surface area (Å²) in [5.41, 5.74) is 0. The van der Waals surface area contributed by atoms with Crippen LogP contribution in [-0.4, -0.2) is 21.3 Å². The minimum absolute atomic E-state index is 0.157. The molecule has 0 N–H and O–H groups in total. The zero-order valence-electron chi connectivity index (χ0n) is 8.51. The van der Waals surface area contributed by atoms with E-state index in [1.54, 1.807) is 10.9 Å². The number of hydrogen-bond donors (Lipinski definition) is 0. The van der Waals surface area contributed by atoms with Crippen molar-refractivity contribution in [2.75, 3.05) is 5.75 Å². The molecule has 0 spiro atoms. The molecule has 0 unspecified atom stereocenters. The van der Waals surface area contributed by atoms with Crippen LogP contribution in [-0.2, 0) is 7.05 Å². The Bertz CT molecular complexity index is 506. The van der Waals surface area contributed by atoms with Gasteiger partial charge >= 0.3 is 0 Å². The second-order valence-corrected chi connectivity index (χ2v) is 6.68. The first-order valence-corrected chi connectivity index (χ1v) is 7.14. The molecule has 2 rings (SSSR count). The van der Waals surface area contributed by atoms with Gasteiger partial charge in [-0.15, -0.1) is 23.1 Å². The number of Topliss-reactive ketones (excluding diaryl/α,β-unsaturated/α-hetero) is 1. The molecule has 0 aliphatic carbocycles. The molecule has 0 saturated carbocycles. The molecule has 0 radical (unpaired) electrons. The summed E-state index contributed by atoms with van der Waals surface area (Å²) >= 11 is 6.33. The van der Waals surface area contributed by atoms with Crippen molar-refractivity contribution in [3.05, 3.63) is 33.2 Å². The maximum atomic E-state index is 11.8. The summed E-state index contributed by atoms with van der Waals surface area (Å²) in [6.07, 6.45) is 3.67. The Labute approximate surface area is 110 Å². The quantitative estimate of drug-likeness (QED) is 0.641. The summed E-state index contributed by atoms with van der Waals surface area (Å²) in [6.45, 7) is 0. The van der Waals surface area contributed by atoms with Gasteiger partial charge in [0.05, 0.1) is 20.6 Å². The summed E-state index contributed by atoms with van der Waals surface area (Å²) in [6, 6.07) is 3.74. The van der Waals surface area contributed by atoms with Crippen molar-refractivity contribution >= 4 is 44.8 Å². The van der Waals surface area contributed by atoms with Gasteiger partial charge in [0.15, 0.2) is 5.78 Å². The number of ketones is 1. The van der Waals surface area contributed by atoms with Gasteiger partial charge in [0.2, 0.25) is 0 Å². The van der Waals surface area contributed by atoms with Crippen molar-refractivity contribution in [3.63, 3.8) is 0 Å². The topological polar surface area (TPSA) is 34.9 Å². The fraction of sp³-hybridized carbons (Fsp3) is 0.200. The van der Waals surface area contributed by atoms with E-state index in [9.17, 15) is 4.79 Å². The fourth-order valence-corrected chi connectivity index (χ4v) is 3.37. The van der Waals surface area contributed by atoms with Gasteiger partial charge in [0.25, 0.3) is 0 Å². The zero-order valence-corrected chi connectivity index (χ0v) is 11.7. The first-order chi connectivity index (χ1) is 7.65. The van der Waals surface area contributed by atoms with Gasteiger partial charge in [-0.3, -0.25) is 9.48 Å². The highest BCUT2D eigenvalue weighted by atomic mass is 79.9. The molecular weight excluding hydrogens is 308 g/mol. The third kappa shape index (κ3) is 2.96. The molecule has 0 aliphatic rings. The Balaban J connectivity index is 1.93. The van der Waals surface area contributed by atoms with Crippen molar-refractivity contribution in [1.82, 2.24) is 9.78 Å². The number of rotatable bonds is 4. The van der Waals surface area contributed by atoms with Crippen LogP contribution >= 0.6 is 39.0 Å². The van der Waals surface area contributed by atoms with Crippen molar-refractivity contribution in [2.45, 2.75) is 4.90 Å². The Morgan fingerprint density at radius 3 is 3.00 bits per heavy atom. The average Bonchev–Trinajstić information content (AvgIpc) is 2.84. The highest BCUT2D eigenvalue weighted by molar-refractivity contribution is 9.11. The number of hydrogen-bond acceptors (Lipinski definition) is 4. The van der Waals surface area contributed by atoms with Crippen LogP contribution in [0.3, 0.4) is 0 Å². The number of nitrogens with zero attached hydrogens (tertiary/aromatic N) is 2. The summed E-state index contributed by atoms with van der Waals surface area (Å²) in [4.78, 5) is 13.6. The SMILES string of the molecule is Cn1cc(SCC(=O)c2ccc(Br)s2)cn1. The van der Waals surface area contributed by atoms with Crippen LogP contribution in [0.4, 0.5) is 0 Å². The van der Waals surface area contributed by atoms with E-state index >= 15 is 0 Å². The molecular formula is C10H9BrN2OS2. The van der Waals surface area contributed by atoms with Crippen LogP contribution in [0.15, 0.2) is 33.2 Å². The van der Waals surface area contributed by atoms with Crippen LogP contribution in [0.5, 0.6) is 0 Å². The van der Waals surface area contributed by atoms with Gasteiger partial charge < -0.3 is 0 Å². The molecule has 0 fully saturated rings. The smallest absolute Gasteiger partial charge is 0.183 e. The van der Waals surface area contributed by atoms with Gasteiger partial charge in [-0.05, 0) is 28.1 Å². The van der Waals surface area contributed by atoms with Crippen LogP contribution in [0.2, 0.25) is 0 Å². The largest absolute Gasteiger partial charge is 0.292 e. The number of thioether (sulfide) groups is 1. The number of carbonyl (C=O) groups is 1. The van der Waals surface area contributed by atoms with Crippen LogP contribution in [0.25, 0.3) is 0 Å². The molecule has 16 heavy (non-hydrogen) atoms. The van der Waals surface area contributed by atoms with E-state index in [-0.39, 0.29) is 5.78 Å². The lowest BCUT2D eigenvalue weighted by molar-refractivity contribution is 0.102. The molecule has 6 heteroatoms. The molecule has 0 aromatic carbocycles. The Hall–Kier alpha value is -0.590. The predicted octanol–water partition coefficient (Wildman–Crippen LogP) is 3.22. The third-order valence-electron chi connectivity index (χ3n) is 1.90. The molecule has 0 aliphatic heterocycles. The van der Waals surface area contributed by atoms with Gasteiger partial charge in [0.1, 0.15) is 0 Å². The number of aryl methyl sites for hydroxylation is 1. The summed E-state index contributed by atoms with van der Waals surface area (Å²) in [5.74, 6) is 0.614. The number of carbonyl (C=O) groups excluding carboxylic acids is 1. The fourth-order valence-electron chi connectivity index (χ4n) is 1.16. The lowest BCUT2D eigenvalue weighted by Crippen LogP contribution is -1.98. The van der Waals surface area contributed by atoms with Crippen LogP contribution in [0, 0.1) is 0 Å². The molecule has 2 aromatic heterocycles. The second kappa shape index (κ2) is 5.16. The van der Waals surface area contributed by atoms with E-state index in [4.69, 9.17) is 0 Å². The molecule has 3 nitrogen and oxygen atoms in total. The highest BCUT2D eigenvalue weighted by Gasteiger charge is 2.09. The van der Waals surface area contributed by atoms with Crippen LogP contribution in [0.1, 0.15) is 9.67 Å². The number of halogens is 1. The third-order valence-corrected chi connectivity index (χ3v) is 4.51. The first kappa shape index (κ1) is 11.9. The predicted molar refractivity (Wildman–Crippen MR) is 70.3 cm³/mol. The lowest BCUT2D eigenvalue weighted by atomic mass is 10.4. The van der Waals surface area contributed by atoms with Crippen molar-refractivity contribution < 1.29 is 4.79 Å². The van der Waals surface area contributed by atoms with Gasteiger partial charge in [-0.25, -0.2) is 0 Å². The normalized spacial score (nSPS) is 10.6. The zero-order chi connectivity index (χ0) is 11.5. The molecule has 0 atom stereocenters. The van der Waals surface area contributed by atoms with E-state index < -0.39 is 0 Å². The summed E-state index contributed by atoms with van der Waals surface area (Å²) in [7, 11) is 1.86. The van der Waals surface area contributed by atoms with E-state index in [1.165, 1.54) is 23.1 Å². The van der Waals surface area contributed by atoms with Crippen LogP contribution < -0.4 is 0 Å².